The van der Waals surface area contributed by atoms with E-state index >= 15 is 0 Å². The van der Waals surface area contributed by atoms with Gasteiger partial charge in [-0.15, -0.1) is 11.8 Å². The average Bonchev–Trinajstić information content (AvgIpc) is 3.12. The number of thioether (sulfide) groups is 1. The fourth-order valence-electron chi connectivity index (χ4n) is 2.61. The maximum atomic E-state index is 10.8. The number of nitrogens with zero attached hydrogens (tertiary/aromatic N) is 4. The quantitative estimate of drug-likeness (QED) is 0.199. The van der Waals surface area contributed by atoms with Gasteiger partial charge in [0.15, 0.2) is 0 Å². The Bertz CT molecular complexity index is 1110. The molecule has 0 unspecified atom stereocenters. The summed E-state index contributed by atoms with van der Waals surface area (Å²) in [5.41, 5.74) is 4.84. The van der Waals surface area contributed by atoms with E-state index in [2.05, 4.69) is 45.5 Å². The molecule has 0 bridgehead atoms. The van der Waals surface area contributed by atoms with Gasteiger partial charge in [-0.3, -0.25) is 10.1 Å². The van der Waals surface area contributed by atoms with Gasteiger partial charge in [0.05, 0.1) is 4.92 Å². The van der Waals surface area contributed by atoms with Gasteiger partial charge in [0.1, 0.15) is 27.3 Å². The smallest absolute Gasteiger partial charge is 0.258 e. The molecule has 0 amide bonds. The summed E-state index contributed by atoms with van der Waals surface area (Å²) in [5.74, 6) is 0.817. The summed E-state index contributed by atoms with van der Waals surface area (Å²) < 4.78 is 5.46. The Hall–Kier alpha value is -2.84. The molecule has 134 valence electrons. The molecule has 0 aliphatic rings. The minimum absolute atomic E-state index is 0.0576. The summed E-state index contributed by atoms with van der Waals surface area (Å²) in [6, 6.07) is 14.8. The van der Waals surface area contributed by atoms with Crippen molar-refractivity contribution >= 4 is 39.2 Å². The van der Waals surface area contributed by atoms with Gasteiger partial charge in [0.25, 0.3) is 5.69 Å². The van der Waals surface area contributed by atoms with Crippen LogP contribution in [0, 0.1) is 17.0 Å². The molecule has 0 aliphatic heterocycles. The van der Waals surface area contributed by atoms with Gasteiger partial charge < -0.3 is 0 Å². The normalized spacial score (nSPS) is 11.0. The molecule has 0 fully saturated rings. The lowest BCUT2D eigenvalue weighted by Gasteiger charge is -2.03. The van der Waals surface area contributed by atoms with Crippen LogP contribution < -0.4 is 0 Å². The highest BCUT2D eigenvalue weighted by Gasteiger charge is 2.15. The maximum absolute atomic E-state index is 10.8. The van der Waals surface area contributed by atoms with E-state index < -0.39 is 4.92 Å². The van der Waals surface area contributed by atoms with Gasteiger partial charge in [-0.05, 0) is 36.2 Å². The number of benzene rings is 2. The molecular weight excluding hydrogens is 380 g/mol. The van der Waals surface area contributed by atoms with E-state index in [4.69, 9.17) is 0 Å². The molecule has 27 heavy (non-hydrogen) atoms. The molecule has 0 atom stereocenters. The lowest BCUT2D eigenvalue weighted by Crippen LogP contribution is -1.89. The summed E-state index contributed by atoms with van der Waals surface area (Å²) >= 11 is 3.01. The van der Waals surface area contributed by atoms with Gasteiger partial charge >= 0.3 is 0 Å². The highest BCUT2D eigenvalue weighted by atomic mass is 32.2. The molecule has 8 heteroatoms. The van der Waals surface area contributed by atoms with Crippen molar-refractivity contribution in [2.24, 2.45) is 0 Å². The third-order valence-corrected chi connectivity index (χ3v) is 6.10. The first-order valence-corrected chi connectivity index (χ1v) is 9.91. The van der Waals surface area contributed by atoms with Crippen LogP contribution >= 0.6 is 23.3 Å². The molecule has 4 aromatic rings. The largest absolute Gasteiger partial charge is 0.269 e. The summed E-state index contributed by atoms with van der Waals surface area (Å²) in [6.07, 6.45) is 1.54. The Morgan fingerprint density at radius 3 is 2.52 bits per heavy atom. The Balaban J connectivity index is 1.63. The zero-order valence-corrected chi connectivity index (χ0v) is 16.0. The van der Waals surface area contributed by atoms with Crippen molar-refractivity contribution in [1.29, 1.82) is 0 Å². The molecule has 6 nitrogen and oxygen atoms in total. The molecule has 0 radical (unpaired) electrons. The van der Waals surface area contributed by atoms with Crippen LogP contribution in [0.5, 0.6) is 0 Å². The third kappa shape index (κ3) is 3.67. The van der Waals surface area contributed by atoms with Gasteiger partial charge in [0, 0.05) is 23.4 Å². The van der Waals surface area contributed by atoms with Crippen molar-refractivity contribution in [3.63, 3.8) is 0 Å². The van der Waals surface area contributed by atoms with Crippen LogP contribution in [0.15, 0.2) is 59.9 Å². The molecule has 2 heterocycles. The molecule has 0 aliphatic carbocycles. The maximum Gasteiger partial charge on any atom is 0.269 e. The first-order chi connectivity index (χ1) is 13.1. The second kappa shape index (κ2) is 7.42. The van der Waals surface area contributed by atoms with Crippen molar-refractivity contribution in [1.82, 2.24) is 14.3 Å². The van der Waals surface area contributed by atoms with Crippen LogP contribution in [-0.2, 0) is 5.75 Å². The van der Waals surface area contributed by atoms with Crippen molar-refractivity contribution < 1.29 is 4.92 Å². The molecule has 4 rings (SSSR count). The predicted octanol–water partition coefficient (Wildman–Crippen LogP) is 5.26. The number of aromatic nitrogens is 3. The lowest BCUT2D eigenvalue weighted by molar-refractivity contribution is -0.384. The number of nitro groups is 1. The van der Waals surface area contributed by atoms with Gasteiger partial charge in [-0.1, -0.05) is 29.8 Å². The molecular formula is C19H14N4O2S2. The van der Waals surface area contributed by atoms with E-state index in [0.717, 1.165) is 32.3 Å². The molecule has 0 saturated heterocycles. The van der Waals surface area contributed by atoms with Crippen LogP contribution in [0.3, 0.4) is 0 Å². The third-order valence-electron chi connectivity index (χ3n) is 4.07. The van der Waals surface area contributed by atoms with E-state index in [-0.39, 0.29) is 5.69 Å². The average molecular weight is 394 g/mol. The summed E-state index contributed by atoms with van der Waals surface area (Å²) in [6.45, 7) is 2.07. The Morgan fingerprint density at radius 2 is 1.81 bits per heavy atom. The number of rotatable bonds is 5. The second-order valence-corrected chi connectivity index (χ2v) is 7.70. The van der Waals surface area contributed by atoms with E-state index in [0.29, 0.717) is 0 Å². The number of nitro benzene ring substituents is 1. The second-order valence-electron chi connectivity index (χ2n) is 5.97. The van der Waals surface area contributed by atoms with E-state index in [1.807, 2.05) is 0 Å². The van der Waals surface area contributed by atoms with Crippen molar-refractivity contribution in [3.8, 4) is 11.3 Å². The predicted molar refractivity (Wildman–Crippen MR) is 108 cm³/mol. The SMILES string of the molecule is Cc1ccc(CSc2ncnc3c(-c4ccc([N+](=O)[O-])cc4)nsc23)cc1. The summed E-state index contributed by atoms with van der Waals surface area (Å²) in [5, 5.41) is 11.7. The Labute approximate surface area is 163 Å². The minimum atomic E-state index is -0.412. The highest BCUT2D eigenvalue weighted by molar-refractivity contribution is 7.98. The topological polar surface area (TPSA) is 81.8 Å². The van der Waals surface area contributed by atoms with Crippen molar-refractivity contribution in [2.75, 3.05) is 0 Å². The van der Waals surface area contributed by atoms with Gasteiger partial charge in [-0.2, -0.15) is 4.37 Å². The first-order valence-electron chi connectivity index (χ1n) is 8.15. The number of hydrogen-bond donors (Lipinski definition) is 0. The number of non-ortho nitro benzene ring substituents is 1. The van der Waals surface area contributed by atoms with Gasteiger partial charge in [-0.25, -0.2) is 9.97 Å². The van der Waals surface area contributed by atoms with Crippen molar-refractivity contribution in [3.05, 3.63) is 76.1 Å². The molecule has 0 spiro atoms. The molecule has 0 saturated carbocycles. The Kier molecular flexibility index (Phi) is 4.83. The molecule has 2 aromatic carbocycles. The number of fused-ring (bicyclic) bond motifs is 1. The van der Waals surface area contributed by atoms with Crippen LogP contribution in [0.1, 0.15) is 11.1 Å². The Morgan fingerprint density at radius 1 is 1.07 bits per heavy atom. The summed E-state index contributed by atoms with van der Waals surface area (Å²) in [7, 11) is 0. The fraction of sp³-hybridized carbons (Fsp3) is 0.105. The van der Waals surface area contributed by atoms with Crippen LogP contribution in [0.2, 0.25) is 0 Å². The number of aryl methyl sites for hydroxylation is 1. The molecule has 2 aromatic heterocycles. The van der Waals surface area contributed by atoms with E-state index in [9.17, 15) is 10.1 Å². The summed E-state index contributed by atoms with van der Waals surface area (Å²) in [4.78, 5) is 19.2. The van der Waals surface area contributed by atoms with E-state index in [1.54, 1.807) is 30.2 Å². The molecule has 0 N–H and O–H groups in total. The first kappa shape index (κ1) is 17.6. The fourth-order valence-corrected chi connectivity index (χ4v) is 4.49. The highest BCUT2D eigenvalue weighted by Crippen LogP contribution is 2.35. The van der Waals surface area contributed by atoms with Gasteiger partial charge in [0.2, 0.25) is 0 Å². The lowest BCUT2D eigenvalue weighted by atomic mass is 10.1. The zero-order chi connectivity index (χ0) is 18.8. The van der Waals surface area contributed by atoms with Crippen LogP contribution in [0.25, 0.3) is 21.5 Å². The monoisotopic (exact) mass is 394 g/mol. The standard InChI is InChI=1S/C19H14N4O2S2/c1-12-2-4-13(5-3-12)10-26-19-18-17(20-11-21-19)16(22-27-18)14-6-8-15(9-7-14)23(24)25/h2-9,11H,10H2,1H3. The van der Waals surface area contributed by atoms with Crippen LogP contribution in [-0.4, -0.2) is 19.3 Å². The van der Waals surface area contributed by atoms with Crippen molar-refractivity contribution in [2.45, 2.75) is 17.7 Å². The zero-order valence-electron chi connectivity index (χ0n) is 14.3. The van der Waals surface area contributed by atoms with Crippen LogP contribution in [0.4, 0.5) is 5.69 Å². The number of hydrogen-bond acceptors (Lipinski definition) is 7. The van der Waals surface area contributed by atoms with E-state index in [1.165, 1.54) is 34.8 Å². The minimum Gasteiger partial charge on any atom is -0.258 e.